The van der Waals surface area contributed by atoms with Gasteiger partial charge < -0.3 is 15.8 Å². The molecule has 0 bridgehead atoms. The average molecular weight is 325 g/mol. The highest BCUT2D eigenvalue weighted by atomic mass is 16.5. The number of unbranched alkanes of at least 4 members (excludes halogenated alkanes) is 1. The van der Waals surface area contributed by atoms with Gasteiger partial charge in [0.25, 0.3) is 0 Å². The summed E-state index contributed by atoms with van der Waals surface area (Å²) < 4.78 is 7.40. The van der Waals surface area contributed by atoms with Crippen LogP contribution in [0.15, 0.2) is 42.7 Å². The summed E-state index contributed by atoms with van der Waals surface area (Å²) in [6.07, 6.45) is 6.04. The first-order valence-corrected chi connectivity index (χ1v) is 8.33. The standard InChI is InChI=1S/C18H23N5O/c1-2-3-9-20-17-7-10-23-18(22-17)16(13-21-23)14-5-4-6-15(12-14)24-11-8-19/h4-7,10,12-13H,2-3,8-9,11,19H2,1H3,(H,20,22). The second-order valence-corrected chi connectivity index (χ2v) is 5.58. The molecular formula is C18H23N5O. The fourth-order valence-corrected chi connectivity index (χ4v) is 2.49. The van der Waals surface area contributed by atoms with Crippen molar-refractivity contribution >= 4 is 11.5 Å². The highest BCUT2D eigenvalue weighted by molar-refractivity contribution is 5.78. The van der Waals surface area contributed by atoms with Gasteiger partial charge in [0.2, 0.25) is 0 Å². The summed E-state index contributed by atoms with van der Waals surface area (Å²) in [6, 6.07) is 9.86. The molecule has 6 heteroatoms. The number of hydrogen-bond acceptors (Lipinski definition) is 5. The first-order valence-electron chi connectivity index (χ1n) is 8.33. The van der Waals surface area contributed by atoms with E-state index >= 15 is 0 Å². The van der Waals surface area contributed by atoms with Gasteiger partial charge in [-0.2, -0.15) is 5.10 Å². The van der Waals surface area contributed by atoms with Crippen LogP contribution in [0.1, 0.15) is 19.8 Å². The number of hydrogen-bond donors (Lipinski definition) is 2. The van der Waals surface area contributed by atoms with Crippen LogP contribution in [0.4, 0.5) is 5.82 Å². The van der Waals surface area contributed by atoms with Crippen LogP contribution in [0, 0.1) is 0 Å². The zero-order valence-corrected chi connectivity index (χ0v) is 13.9. The van der Waals surface area contributed by atoms with Crippen LogP contribution >= 0.6 is 0 Å². The smallest absolute Gasteiger partial charge is 0.165 e. The molecule has 0 atom stereocenters. The number of nitrogens with two attached hydrogens (primary N) is 1. The lowest BCUT2D eigenvalue weighted by Crippen LogP contribution is -2.10. The zero-order valence-electron chi connectivity index (χ0n) is 13.9. The lowest BCUT2D eigenvalue weighted by molar-refractivity contribution is 0.328. The molecule has 0 aliphatic rings. The third-order valence-corrected chi connectivity index (χ3v) is 3.74. The minimum Gasteiger partial charge on any atom is -0.492 e. The van der Waals surface area contributed by atoms with Gasteiger partial charge in [0.05, 0.1) is 6.20 Å². The number of rotatable bonds is 8. The number of nitrogens with zero attached hydrogens (tertiary/aromatic N) is 3. The van der Waals surface area contributed by atoms with Gasteiger partial charge in [-0.15, -0.1) is 0 Å². The third kappa shape index (κ3) is 3.65. The molecule has 0 fully saturated rings. The molecule has 0 saturated heterocycles. The van der Waals surface area contributed by atoms with Crippen molar-refractivity contribution in [2.24, 2.45) is 5.73 Å². The fraction of sp³-hybridized carbons (Fsp3) is 0.333. The highest BCUT2D eigenvalue weighted by Gasteiger charge is 2.10. The number of fused-ring (bicyclic) bond motifs is 1. The first kappa shape index (κ1) is 16.3. The van der Waals surface area contributed by atoms with Crippen molar-refractivity contribution < 1.29 is 4.74 Å². The second-order valence-electron chi connectivity index (χ2n) is 5.58. The van der Waals surface area contributed by atoms with Crippen molar-refractivity contribution in [2.45, 2.75) is 19.8 Å². The summed E-state index contributed by atoms with van der Waals surface area (Å²) in [6.45, 7) is 4.09. The van der Waals surface area contributed by atoms with E-state index in [1.54, 1.807) is 4.52 Å². The molecular weight excluding hydrogens is 302 g/mol. The summed E-state index contributed by atoms with van der Waals surface area (Å²) >= 11 is 0. The quantitative estimate of drug-likeness (QED) is 0.623. The topological polar surface area (TPSA) is 77.5 Å². The number of nitrogens with one attached hydrogen (secondary N) is 1. The molecule has 2 aromatic heterocycles. The minimum absolute atomic E-state index is 0.495. The Balaban J connectivity index is 1.90. The van der Waals surface area contributed by atoms with Crippen molar-refractivity contribution in [3.05, 3.63) is 42.7 Å². The molecule has 0 spiro atoms. The number of benzene rings is 1. The van der Waals surface area contributed by atoms with Crippen LogP contribution in [-0.2, 0) is 0 Å². The minimum atomic E-state index is 0.495. The van der Waals surface area contributed by atoms with Crippen molar-refractivity contribution in [3.63, 3.8) is 0 Å². The van der Waals surface area contributed by atoms with Crippen molar-refractivity contribution in [1.82, 2.24) is 14.6 Å². The first-order chi connectivity index (χ1) is 11.8. The Labute approximate surface area is 141 Å². The summed E-state index contributed by atoms with van der Waals surface area (Å²) in [7, 11) is 0. The van der Waals surface area contributed by atoms with Crippen LogP contribution in [-0.4, -0.2) is 34.3 Å². The molecule has 0 aliphatic carbocycles. The number of anilines is 1. The van der Waals surface area contributed by atoms with Crippen LogP contribution in [0.25, 0.3) is 16.8 Å². The van der Waals surface area contributed by atoms with Crippen molar-refractivity contribution in [2.75, 3.05) is 25.0 Å². The largest absolute Gasteiger partial charge is 0.492 e. The Hall–Kier alpha value is -2.60. The number of ether oxygens (including phenoxy) is 1. The maximum Gasteiger partial charge on any atom is 0.165 e. The molecule has 3 rings (SSSR count). The molecule has 126 valence electrons. The molecule has 2 heterocycles. The lowest BCUT2D eigenvalue weighted by Gasteiger charge is -2.07. The van der Waals surface area contributed by atoms with Crippen LogP contribution in [0.2, 0.25) is 0 Å². The molecule has 0 radical (unpaired) electrons. The summed E-state index contributed by atoms with van der Waals surface area (Å²) in [4.78, 5) is 4.70. The van der Waals surface area contributed by atoms with Crippen molar-refractivity contribution in [1.29, 1.82) is 0 Å². The molecule has 3 N–H and O–H groups in total. The predicted octanol–water partition coefficient (Wildman–Crippen LogP) is 2.95. The maximum absolute atomic E-state index is 5.61. The Morgan fingerprint density at radius 3 is 3.04 bits per heavy atom. The van der Waals surface area contributed by atoms with Crippen molar-refractivity contribution in [3.8, 4) is 16.9 Å². The lowest BCUT2D eigenvalue weighted by atomic mass is 10.1. The van der Waals surface area contributed by atoms with Crippen LogP contribution in [0.5, 0.6) is 5.75 Å². The molecule has 6 nitrogen and oxygen atoms in total. The maximum atomic E-state index is 5.61. The molecule has 0 aliphatic heterocycles. The normalized spacial score (nSPS) is 10.9. The Morgan fingerprint density at radius 1 is 1.29 bits per heavy atom. The predicted molar refractivity (Wildman–Crippen MR) is 96.4 cm³/mol. The Kier molecular flexibility index (Phi) is 5.28. The summed E-state index contributed by atoms with van der Waals surface area (Å²) in [5, 5.41) is 7.74. The molecule has 24 heavy (non-hydrogen) atoms. The SMILES string of the molecule is CCCCNc1ccn2ncc(-c3cccc(OCCN)c3)c2n1. The fourth-order valence-electron chi connectivity index (χ4n) is 2.49. The van der Waals surface area contributed by atoms with E-state index in [0.717, 1.165) is 47.7 Å². The van der Waals surface area contributed by atoms with Gasteiger partial charge in [0.1, 0.15) is 18.2 Å². The molecule has 3 aromatic rings. The summed E-state index contributed by atoms with van der Waals surface area (Å²) in [5.74, 6) is 1.67. The number of aromatic nitrogens is 3. The van der Waals surface area contributed by atoms with E-state index in [-0.39, 0.29) is 0 Å². The molecule has 1 aromatic carbocycles. The van der Waals surface area contributed by atoms with E-state index in [2.05, 4.69) is 17.3 Å². The van der Waals surface area contributed by atoms with E-state index in [9.17, 15) is 0 Å². The van der Waals surface area contributed by atoms with Gasteiger partial charge in [-0.25, -0.2) is 9.50 Å². The van der Waals surface area contributed by atoms with Crippen LogP contribution < -0.4 is 15.8 Å². The van der Waals surface area contributed by atoms with E-state index in [0.29, 0.717) is 13.2 Å². The van der Waals surface area contributed by atoms with Crippen LogP contribution in [0.3, 0.4) is 0 Å². The van der Waals surface area contributed by atoms with Gasteiger partial charge in [-0.1, -0.05) is 25.5 Å². The average Bonchev–Trinajstić information content (AvgIpc) is 3.04. The van der Waals surface area contributed by atoms with Gasteiger partial charge in [-0.3, -0.25) is 0 Å². The Morgan fingerprint density at radius 2 is 2.21 bits per heavy atom. The van der Waals surface area contributed by atoms with E-state index in [1.165, 1.54) is 0 Å². The second kappa shape index (κ2) is 7.79. The molecule has 0 saturated carbocycles. The Bertz CT molecular complexity index is 799. The zero-order chi connectivity index (χ0) is 16.8. The molecule has 0 amide bonds. The summed E-state index contributed by atoms with van der Waals surface area (Å²) in [5.41, 5.74) is 8.33. The molecule has 0 unspecified atom stereocenters. The highest BCUT2D eigenvalue weighted by Crippen LogP contribution is 2.27. The van der Waals surface area contributed by atoms with E-state index in [1.807, 2.05) is 42.7 Å². The third-order valence-electron chi connectivity index (χ3n) is 3.74. The van der Waals surface area contributed by atoms with Gasteiger partial charge in [0, 0.05) is 24.8 Å². The van der Waals surface area contributed by atoms with Gasteiger partial charge in [-0.05, 0) is 30.2 Å². The van der Waals surface area contributed by atoms with E-state index in [4.69, 9.17) is 15.5 Å². The van der Waals surface area contributed by atoms with Gasteiger partial charge >= 0.3 is 0 Å². The monoisotopic (exact) mass is 325 g/mol. The van der Waals surface area contributed by atoms with Gasteiger partial charge in [0.15, 0.2) is 5.65 Å². The van der Waals surface area contributed by atoms with E-state index < -0.39 is 0 Å².